The third-order valence-corrected chi connectivity index (χ3v) is 4.68. The van der Waals surface area contributed by atoms with Gasteiger partial charge in [0.1, 0.15) is 0 Å². The van der Waals surface area contributed by atoms with Gasteiger partial charge < -0.3 is 5.11 Å². The van der Waals surface area contributed by atoms with Crippen LogP contribution >= 0.6 is 0 Å². The molecule has 0 radical (unpaired) electrons. The van der Waals surface area contributed by atoms with Crippen LogP contribution in [0.15, 0.2) is 55.3 Å². The van der Waals surface area contributed by atoms with E-state index < -0.39 is 11.6 Å². The molecule has 5 heteroatoms. The zero-order valence-electron chi connectivity index (χ0n) is 16.4. The van der Waals surface area contributed by atoms with Gasteiger partial charge in [-0.1, -0.05) is 30.4 Å². The lowest BCUT2D eigenvalue weighted by molar-refractivity contribution is 0.182. The number of fused-ring (bicyclic) bond motifs is 1. The van der Waals surface area contributed by atoms with Crippen LogP contribution in [0.3, 0.4) is 0 Å². The molecule has 1 atom stereocenters. The van der Waals surface area contributed by atoms with Gasteiger partial charge in [-0.05, 0) is 61.9 Å². The number of nitrogens with zero attached hydrogens (tertiary/aromatic N) is 2. The maximum absolute atomic E-state index is 14.5. The van der Waals surface area contributed by atoms with Crippen LogP contribution in [0.25, 0.3) is 28.2 Å². The molecule has 0 spiro atoms. The van der Waals surface area contributed by atoms with E-state index in [1.807, 2.05) is 12.2 Å². The summed E-state index contributed by atoms with van der Waals surface area (Å²) in [5, 5.41) is 9.27. The molecule has 0 bridgehead atoms. The fourth-order valence-electron chi connectivity index (χ4n) is 3.13. The van der Waals surface area contributed by atoms with E-state index in [-0.39, 0.29) is 23.7 Å². The maximum atomic E-state index is 14.5. The largest absolute Gasteiger partial charge is 0.393 e. The van der Waals surface area contributed by atoms with Gasteiger partial charge in [0.2, 0.25) is 0 Å². The maximum Gasteiger partial charge on any atom is 0.166 e. The summed E-state index contributed by atoms with van der Waals surface area (Å²) in [6, 6.07) is 8.35. The summed E-state index contributed by atoms with van der Waals surface area (Å²) in [6.07, 6.45) is 9.64. The predicted molar refractivity (Wildman–Crippen MR) is 113 cm³/mol. The van der Waals surface area contributed by atoms with Crippen molar-refractivity contribution in [2.75, 3.05) is 0 Å². The molecule has 1 N–H and O–H groups in total. The van der Waals surface area contributed by atoms with E-state index in [1.165, 1.54) is 0 Å². The minimum absolute atomic E-state index is 0.195. The first-order valence-electron chi connectivity index (χ1n) is 9.69. The number of rotatable bonds is 8. The lowest BCUT2D eigenvalue weighted by atomic mass is 10.0. The summed E-state index contributed by atoms with van der Waals surface area (Å²) in [5.74, 6) is -1.71. The van der Waals surface area contributed by atoms with E-state index in [1.54, 1.807) is 49.5 Å². The molecular weight excluding hydrogens is 370 g/mol. The van der Waals surface area contributed by atoms with Gasteiger partial charge in [-0.15, -0.1) is 6.58 Å². The number of aliphatic hydroxyl groups excluding tert-OH is 1. The lowest BCUT2D eigenvalue weighted by Crippen LogP contribution is -1.97. The Bertz CT molecular complexity index is 1040. The number of hydrogen-bond acceptors (Lipinski definition) is 3. The van der Waals surface area contributed by atoms with Crippen LogP contribution in [0.4, 0.5) is 8.78 Å². The third-order valence-electron chi connectivity index (χ3n) is 4.68. The van der Waals surface area contributed by atoms with Crippen molar-refractivity contribution in [3.8, 4) is 11.1 Å². The Morgan fingerprint density at radius 2 is 1.97 bits per heavy atom. The van der Waals surface area contributed by atoms with Gasteiger partial charge in [-0.2, -0.15) is 0 Å². The number of halogens is 2. The lowest BCUT2D eigenvalue weighted by Gasteiger charge is -2.08. The molecular formula is C24H24F2N2O. The summed E-state index contributed by atoms with van der Waals surface area (Å²) in [7, 11) is 0. The van der Waals surface area contributed by atoms with Gasteiger partial charge in [0.15, 0.2) is 11.6 Å². The topological polar surface area (TPSA) is 46.0 Å². The second-order valence-electron chi connectivity index (χ2n) is 7.07. The third kappa shape index (κ3) is 5.12. The van der Waals surface area contributed by atoms with Gasteiger partial charge in [-0.25, -0.2) is 13.8 Å². The van der Waals surface area contributed by atoms with Crippen molar-refractivity contribution in [3.05, 3.63) is 78.2 Å². The fourth-order valence-corrected chi connectivity index (χ4v) is 3.13. The zero-order chi connectivity index (χ0) is 20.8. The van der Waals surface area contributed by atoms with E-state index in [9.17, 15) is 13.9 Å². The Morgan fingerprint density at radius 1 is 1.14 bits per heavy atom. The Labute approximate surface area is 169 Å². The van der Waals surface area contributed by atoms with Crippen molar-refractivity contribution < 1.29 is 13.9 Å². The molecule has 150 valence electrons. The van der Waals surface area contributed by atoms with E-state index in [2.05, 4.69) is 16.5 Å². The predicted octanol–water partition coefficient (Wildman–Crippen LogP) is 5.87. The number of hydrogen-bond donors (Lipinski definition) is 1. The summed E-state index contributed by atoms with van der Waals surface area (Å²) in [4.78, 5) is 8.95. The van der Waals surface area contributed by atoms with Crippen molar-refractivity contribution in [1.29, 1.82) is 0 Å². The normalized spacial score (nSPS) is 12.6. The number of benzene rings is 2. The number of unbranched alkanes of at least 4 members (excludes halogenated alkanes) is 1. The van der Waals surface area contributed by atoms with E-state index in [4.69, 9.17) is 0 Å². The molecule has 1 unspecified atom stereocenters. The second-order valence-corrected chi connectivity index (χ2v) is 7.07. The van der Waals surface area contributed by atoms with Gasteiger partial charge in [0.05, 0.1) is 29.0 Å². The van der Waals surface area contributed by atoms with E-state index >= 15 is 0 Å². The zero-order valence-corrected chi connectivity index (χ0v) is 16.4. The van der Waals surface area contributed by atoms with E-state index in [0.29, 0.717) is 16.6 Å². The highest BCUT2D eigenvalue weighted by Crippen LogP contribution is 2.28. The average Bonchev–Trinajstić information content (AvgIpc) is 2.71. The highest BCUT2D eigenvalue weighted by Gasteiger charge is 2.14. The summed E-state index contributed by atoms with van der Waals surface area (Å²) in [6.45, 7) is 5.34. The average molecular weight is 394 g/mol. The standard InChI is InChI=1S/C24H24F2N2O/c1-3-7-17-10-12-20(24(26)23(17)25)18-11-13-21-22(14-18)27-15-19(28-21)9-6-4-5-8-16(2)29/h3,6,9-16,29H,1,4-5,7-8H2,2H3. The fraction of sp³-hybridized carbons (Fsp3) is 0.250. The Balaban J connectivity index is 1.82. The number of aliphatic hydroxyl groups is 1. The minimum atomic E-state index is -0.867. The Morgan fingerprint density at radius 3 is 2.72 bits per heavy atom. The minimum Gasteiger partial charge on any atom is -0.393 e. The molecule has 0 aliphatic rings. The molecule has 2 aromatic carbocycles. The van der Waals surface area contributed by atoms with Gasteiger partial charge in [0.25, 0.3) is 0 Å². The van der Waals surface area contributed by atoms with Crippen LogP contribution in [0.5, 0.6) is 0 Å². The van der Waals surface area contributed by atoms with Crippen LogP contribution in [0.1, 0.15) is 37.4 Å². The number of allylic oxidation sites excluding steroid dienone is 2. The molecule has 3 nitrogen and oxygen atoms in total. The second kappa shape index (κ2) is 9.52. The molecule has 0 aliphatic carbocycles. The molecule has 0 saturated heterocycles. The molecule has 0 fully saturated rings. The quantitative estimate of drug-likeness (QED) is 0.384. The highest BCUT2D eigenvalue weighted by molar-refractivity contribution is 5.82. The first-order valence-corrected chi connectivity index (χ1v) is 9.69. The summed E-state index contributed by atoms with van der Waals surface area (Å²) >= 11 is 0. The highest BCUT2D eigenvalue weighted by atomic mass is 19.2. The van der Waals surface area contributed by atoms with Crippen LogP contribution < -0.4 is 0 Å². The van der Waals surface area contributed by atoms with E-state index in [0.717, 1.165) is 25.0 Å². The van der Waals surface area contributed by atoms with Crippen LogP contribution in [-0.4, -0.2) is 21.2 Å². The molecule has 1 heterocycles. The monoisotopic (exact) mass is 394 g/mol. The van der Waals surface area contributed by atoms with Crippen molar-refractivity contribution >= 4 is 17.1 Å². The Hall–Kier alpha value is -2.92. The molecule has 3 rings (SSSR count). The molecule has 29 heavy (non-hydrogen) atoms. The van der Waals surface area contributed by atoms with Crippen LogP contribution in [0.2, 0.25) is 0 Å². The summed E-state index contributed by atoms with van der Waals surface area (Å²) in [5.41, 5.74) is 3.06. The SMILES string of the molecule is C=CCc1ccc(-c2ccc3nc(C=CCCCC(C)O)cnc3c2)c(F)c1F. The van der Waals surface area contributed by atoms with Crippen LogP contribution in [-0.2, 0) is 6.42 Å². The molecule has 1 aromatic heterocycles. The van der Waals surface area contributed by atoms with Crippen molar-refractivity contribution in [2.24, 2.45) is 0 Å². The smallest absolute Gasteiger partial charge is 0.166 e. The first-order chi connectivity index (χ1) is 14.0. The van der Waals surface area contributed by atoms with Crippen LogP contribution in [0, 0.1) is 11.6 Å². The van der Waals surface area contributed by atoms with Crippen molar-refractivity contribution in [2.45, 2.75) is 38.7 Å². The van der Waals surface area contributed by atoms with Gasteiger partial charge >= 0.3 is 0 Å². The van der Waals surface area contributed by atoms with Crippen molar-refractivity contribution in [1.82, 2.24) is 9.97 Å². The van der Waals surface area contributed by atoms with Crippen molar-refractivity contribution in [3.63, 3.8) is 0 Å². The summed E-state index contributed by atoms with van der Waals surface area (Å²) < 4.78 is 28.8. The van der Waals surface area contributed by atoms with Gasteiger partial charge in [-0.3, -0.25) is 4.98 Å². The number of aromatic nitrogens is 2. The molecule has 0 amide bonds. The molecule has 0 aliphatic heterocycles. The Kier molecular flexibility index (Phi) is 6.83. The first kappa shape index (κ1) is 20.8. The molecule has 3 aromatic rings. The van der Waals surface area contributed by atoms with Gasteiger partial charge in [0, 0.05) is 5.56 Å². The molecule has 0 saturated carbocycles.